The average molecular weight is 286 g/mol. The Labute approximate surface area is 124 Å². The molecule has 1 heterocycles. The highest BCUT2D eigenvalue weighted by atomic mass is 19.1. The molecule has 21 heavy (non-hydrogen) atoms. The number of halogens is 1. The summed E-state index contributed by atoms with van der Waals surface area (Å²) in [7, 11) is 0. The topological polar surface area (TPSA) is 34.1 Å². The smallest absolute Gasteiger partial charge is 0.213 e. The molecule has 0 spiro atoms. The Kier molecular flexibility index (Phi) is 4.04. The fourth-order valence-electron chi connectivity index (χ4n) is 2.73. The molecule has 4 heteroatoms. The molecule has 1 aromatic carbocycles. The van der Waals surface area contributed by atoms with Crippen LogP contribution in [0.3, 0.4) is 0 Å². The van der Waals surface area contributed by atoms with Crippen molar-refractivity contribution in [1.29, 1.82) is 0 Å². The lowest BCUT2D eigenvalue weighted by Crippen LogP contribution is -2.34. The number of anilines is 1. The molecular formula is C17H19FN2O. The molecule has 0 atom stereocenters. The molecule has 1 N–H and O–H groups in total. The van der Waals surface area contributed by atoms with Gasteiger partial charge in [0.2, 0.25) is 5.88 Å². The summed E-state index contributed by atoms with van der Waals surface area (Å²) < 4.78 is 19.0. The fraction of sp³-hybridized carbons (Fsp3) is 0.353. The van der Waals surface area contributed by atoms with Crippen molar-refractivity contribution in [1.82, 2.24) is 4.98 Å². The molecule has 0 amide bonds. The summed E-state index contributed by atoms with van der Waals surface area (Å²) in [6, 6.07) is 11.3. The first kappa shape index (κ1) is 13.9. The summed E-state index contributed by atoms with van der Waals surface area (Å²) in [6.45, 7) is 2.55. The zero-order valence-electron chi connectivity index (χ0n) is 12.1. The zero-order valence-corrected chi connectivity index (χ0v) is 12.1. The molecule has 3 rings (SSSR count). The maximum absolute atomic E-state index is 13.7. The van der Waals surface area contributed by atoms with Gasteiger partial charge >= 0.3 is 0 Å². The third kappa shape index (κ3) is 3.15. The van der Waals surface area contributed by atoms with Crippen LogP contribution in [0, 0.1) is 5.82 Å². The van der Waals surface area contributed by atoms with E-state index in [1.54, 1.807) is 12.3 Å². The van der Waals surface area contributed by atoms with E-state index in [2.05, 4.69) is 10.3 Å². The minimum absolute atomic E-state index is 0.0938. The van der Waals surface area contributed by atoms with Crippen LogP contribution in [0.15, 0.2) is 42.6 Å². The van der Waals surface area contributed by atoms with Gasteiger partial charge in [0.25, 0.3) is 0 Å². The van der Waals surface area contributed by atoms with Gasteiger partial charge in [0.1, 0.15) is 5.82 Å². The van der Waals surface area contributed by atoms with Crippen LogP contribution >= 0.6 is 0 Å². The first-order chi connectivity index (χ1) is 10.3. The molecule has 0 saturated heterocycles. The second-order valence-corrected chi connectivity index (χ2v) is 5.35. The molecule has 1 fully saturated rings. The molecule has 0 unspecified atom stereocenters. The Morgan fingerprint density at radius 1 is 1.24 bits per heavy atom. The van der Waals surface area contributed by atoms with Crippen molar-refractivity contribution < 1.29 is 9.13 Å². The third-order valence-electron chi connectivity index (χ3n) is 3.88. The summed E-state index contributed by atoms with van der Waals surface area (Å²) in [5, 5.41) is 3.43. The highest BCUT2D eigenvalue weighted by Gasteiger charge is 2.31. The molecule has 1 aliphatic rings. The van der Waals surface area contributed by atoms with E-state index in [4.69, 9.17) is 4.74 Å². The Bertz CT molecular complexity index is 594. The zero-order chi connectivity index (χ0) is 14.7. The van der Waals surface area contributed by atoms with Gasteiger partial charge in [-0.3, -0.25) is 0 Å². The van der Waals surface area contributed by atoms with E-state index in [1.807, 2.05) is 31.2 Å². The number of pyridine rings is 1. The Morgan fingerprint density at radius 3 is 2.71 bits per heavy atom. The van der Waals surface area contributed by atoms with Crippen LogP contribution in [-0.4, -0.2) is 17.6 Å². The first-order valence-electron chi connectivity index (χ1n) is 7.36. The van der Waals surface area contributed by atoms with E-state index >= 15 is 0 Å². The number of aromatic nitrogens is 1. The van der Waals surface area contributed by atoms with Crippen LogP contribution in [-0.2, 0) is 0 Å². The quantitative estimate of drug-likeness (QED) is 0.902. The van der Waals surface area contributed by atoms with Crippen LogP contribution in [0.4, 0.5) is 10.1 Å². The van der Waals surface area contributed by atoms with Crippen molar-refractivity contribution in [3.8, 4) is 5.88 Å². The van der Waals surface area contributed by atoms with Gasteiger partial charge in [-0.2, -0.15) is 0 Å². The molecule has 1 aliphatic carbocycles. The van der Waals surface area contributed by atoms with Crippen molar-refractivity contribution in [2.24, 2.45) is 0 Å². The summed E-state index contributed by atoms with van der Waals surface area (Å²) in [4.78, 5) is 4.23. The first-order valence-corrected chi connectivity index (χ1v) is 7.36. The van der Waals surface area contributed by atoms with Gasteiger partial charge < -0.3 is 10.1 Å². The fourth-order valence-corrected chi connectivity index (χ4v) is 2.73. The maximum Gasteiger partial charge on any atom is 0.213 e. The Morgan fingerprint density at radius 2 is 2.05 bits per heavy atom. The molecular weight excluding hydrogens is 267 g/mol. The van der Waals surface area contributed by atoms with Gasteiger partial charge in [-0.25, -0.2) is 9.37 Å². The highest BCUT2D eigenvalue weighted by molar-refractivity contribution is 5.44. The number of ether oxygens (including phenoxy) is 1. The number of benzene rings is 1. The summed E-state index contributed by atoms with van der Waals surface area (Å²) in [5.41, 5.74) is 1.82. The van der Waals surface area contributed by atoms with E-state index in [1.165, 1.54) is 6.07 Å². The minimum Gasteiger partial charge on any atom is -0.478 e. The molecule has 3 nitrogen and oxygen atoms in total. The second-order valence-electron chi connectivity index (χ2n) is 5.35. The predicted molar refractivity (Wildman–Crippen MR) is 81.2 cm³/mol. The van der Waals surface area contributed by atoms with Crippen molar-refractivity contribution in [3.05, 3.63) is 54.0 Å². The Hall–Kier alpha value is -2.10. The summed E-state index contributed by atoms with van der Waals surface area (Å²) >= 11 is 0. The van der Waals surface area contributed by atoms with E-state index in [-0.39, 0.29) is 5.82 Å². The van der Waals surface area contributed by atoms with Crippen LogP contribution in [0.1, 0.15) is 31.2 Å². The molecule has 0 radical (unpaired) electrons. The lowest BCUT2D eigenvalue weighted by molar-refractivity contribution is 0.326. The van der Waals surface area contributed by atoms with Crippen molar-refractivity contribution in [2.75, 3.05) is 11.9 Å². The molecule has 1 aromatic heterocycles. The Balaban J connectivity index is 1.54. The number of hydrogen-bond donors (Lipinski definition) is 1. The second kappa shape index (κ2) is 6.12. The van der Waals surface area contributed by atoms with E-state index in [0.717, 1.165) is 24.1 Å². The average Bonchev–Trinajstić information content (AvgIpc) is 2.46. The minimum atomic E-state index is -0.0938. The van der Waals surface area contributed by atoms with Crippen molar-refractivity contribution >= 4 is 5.69 Å². The van der Waals surface area contributed by atoms with Gasteiger partial charge in [0.15, 0.2) is 0 Å². The normalized spacial score (nSPS) is 20.7. The van der Waals surface area contributed by atoms with Gasteiger partial charge in [-0.05, 0) is 43.4 Å². The van der Waals surface area contributed by atoms with E-state index in [0.29, 0.717) is 24.4 Å². The van der Waals surface area contributed by atoms with Gasteiger partial charge in [-0.15, -0.1) is 0 Å². The molecule has 110 valence electrons. The van der Waals surface area contributed by atoms with Gasteiger partial charge in [0.05, 0.1) is 18.5 Å². The SMILES string of the molecule is CCOc1ccc(NC2CC(c3ccccc3F)C2)cn1. The lowest BCUT2D eigenvalue weighted by atomic mass is 9.75. The summed E-state index contributed by atoms with van der Waals surface area (Å²) in [5.74, 6) is 0.865. The van der Waals surface area contributed by atoms with Crippen molar-refractivity contribution in [3.63, 3.8) is 0 Å². The van der Waals surface area contributed by atoms with Crippen LogP contribution in [0.5, 0.6) is 5.88 Å². The maximum atomic E-state index is 13.7. The van der Waals surface area contributed by atoms with E-state index in [9.17, 15) is 4.39 Å². The number of nitrogens with zero attached hydrogens (tertiary/aromatic N) is 1. The van der Waals surface area contributed by atoms with Crippen LogP contribution in [0.2, 0.25) is 0 Å². The molecule has 0 bridgehead atoms. The molecule has 1 saturated carbocycles. The number of hydrogen-bond acceptors (Lipinski definition) is 3. The molecule has 2 aromatic rings. The van der Waals surface area contributed by atoms with Gasteiger partial charge in [-0.1, -0.05) is 18.2 Å². The number of rotatable bonds is 5. The van der Waals surface area contributed by atoms with Crippen LogP contribution in [0.25, 0.3) is 0 Å². The standard InChI is InChI=1S/C17H19FN2O/c1-2-21-17-8-7-13(11-19-17)20-14-9-12(10-14)15-5-3-4-6-16(15)18/h3-8,11-12,14,20H,2,9-10H2,1H3. The van der Waals surface area contributed by atoms with Gasteiger partial charge in [0, 0.05) is 12.1 Å². The van der Waals surface area contributed by atoms with Crippen molar-refractivity contribution in [2.45, 2.75) is 31.7 Å². The lowest BCUT2D eigenvalue weighted by Gasteiger charge is -2.36. The highest BCUT2D eigenvalue weighted by Crippen LogP contribution is 2.39. The molecule has 0 aliphatic heterocycles. The predicted octanol–water partition coefficient (Wildman–Crippen LogP) is 3.98. The van der Waals surface area contributed by atoms with E-state index < -0.39 is 0 Å². The summed E-state index contributed by atoms with van der Waals surface area (Å²) in [6.07, 6.45) is 3.68. The largest absolute Gasteiger partial charge is 0.478 e. The monoisotopic (exact) mass is 286 g/mol. The van der Waals surface area contributed by atoms with Crippen LogP contribution < -0.4 is 10.1 Å². The number of nitrogens with one attached hydrogen (secondary N) is 1. The third-order valence-corrected chi connectivity index (χ3v) is 3.88.